The normalized spacial score (nSPS) is 15.1. The lowest BCUT2D eigenvalue weighted by Gasteiger charge is -2.17. The second-order valence-corrected chi connectivity index (χ2v) is 5.92. The predicted octanol–water partition coefficient (Wildman–Crippen LogP) is 2.03. The van der Waals surface area contributed by atoms with Crippen LogP contribution in [0.25, 0.3) is 0 Å². The molecule has 0 bridgehead atoms. The highest BCUT2D eigenvalue weighted by molar-refractivity contribution is 7.84. The van der Waals surface area contributed by atoms with E-state index >= 15 is 0 Å². The molecule has 2 atom stereocenters. The summed E-state index contributed by atoms with van der Waals surface area (Å²) >= 11 is 0. The average molecular weight is 243 g/mol. The molecule has 0 aliphatic rings. The summed E-state index contributed by atoms with van der Waals surface area (Å²) < 4.78 is 13.1. The van der Waals surface area contributed by atoms with Gasteiger partial charge in [-0.25, -0.2) is 4.98 Å². The Hall–Kier alpha value is -0.840. The van der Waals surface area contributed by atoms with Crippen molar-refractivity contribution >= 4 is 16.7 Å². The zero-order valence-electron chi connectivity index (χ0n) is 10.4. The van der Waals surface area contributed by atoms with E-state index in [9.17, 15) is 4.21 Å². The molecule has 4 nitrogen and oxygen atoms in total. The van der Waals surface area contributed by atoms with Crippen molar-refractivity contribution in [2.45, 2.75) is 39.3 Å². The molecule has 1 aromatic heterocycles. The highest BCUT2D eigenvalue weighted by atomic mass is 32.2. The van der Waals surface area contributed by atoms with E-state index < -0.39 is 10.8 Å². The van der Waals surface area contributed by atoms with Crippen LogP contribution in [0.4, 0.5) is 5.95 Å². The van der Waals surface area contributed by atoms with Crippen LogP contribution >= 0.6 is 0 Å². The van der Waals surface area contributed by atoms with Gasteiger partial charge < -0.3 is 9.88 Å². The highest BCUT2D eigenvalue weighted by Gasteiger charge is 2.09. The smallest absolute Gasteiger partial charge is 0.203 e. The Morgan fingerprint density at radius 3 is 2.75 bits per heavy atom. The van der Waals surface area contributed by atoms with Crippen molar-refractivity contribution in [2.75, 3.05) is 17.3 Å². The van der Waals surface area contributed by atoms with E-state index in [2.05, 4.69) is 35.6 Å². The first kappa shape index (κ1) is 13.2. The van der Waals surface area contributed by atoms with Gasteiger partial charge in [-0.3, -0.25) is 4.21 Å². The fourth-order valence-electron chi connectivity index (χ4n) is 1.48. The number of imidazole rings is 1. The molecule has 1 N–H and O–H groups in total. The van der Waals surface area contributed by atoms with Crippen molar-refractivity contribution in [3.05, 3.63) is 12.4 Å². The molecule has 0 fully saturated rings. The third-order valence-electron chi connectivity index (χ3n) is 2.44. The molecule has 2 unspecified atom stereocenters. The summed E-state index contributed by atoms with van der Waals surface area (Å²) in [7, 11) is -0.716. The summed E-state index contributed by atoms with van der Waals surface area (Å²) in [4.78, 5) is 4.28. The second-order valence-electron chi connectivity index (χ2n) is 4.36. The first-order valence-electron chi connectivity index (χ1n) is 5.60. The molecule has 16 heavy (non-hydrogen) atoms. The SMILES string of the molecule is CC(CCS(C)=O)Nc1nccn1C(C)C. The van der Waals surface area contributed by atoms with Crippen molar-refractivity contribution in [3.63, 3.8) is 0 Å². The number of aromatic nitrogens is 2. The van der Waals surface area contributed by atoms with Gasteiger partial charge in [0, 0.05) is 47.3 Å². The molecule has 0 aromatic carbocycles. The van der Waals surface area contributed by atoms with Gasteiger partial charge in [0.2, 0.25) is 5.95 Å². The van der Waals surface area contributed by atoms with Crippen LogP contribution in [0.15, 0.2) is 12.4 Å². The number of rotatable bonds is 6. The third-order valence-corrected chi connectivity index (χ3v) is 3.25. The van der Waals surface area contributed by atoms with Gasteiger partial charge in [-0.2, -0.15) is 0 Å². The van der Waals surface area contributed by atoms with Gasteiger partial charge in [-0.15, -0.1) is 0 Å². The second kappa shape index (κ2) is 6.03. The van der Waals surface area contributed by atoms with Gasteiger partial charge in [0.1, 0.15) is 0 Å². The van der Waals surface area contributed by atoms with Gasteiger partial charge in [-0.1, -0.05) is 0 Å². The Labute approximate surface area is 99.9 Å². The summed E-state index contributed by atoms with van der Waals surface area (Å²) in [5.41, 5.74) is 0. The van der Waals surface area contributed by atoms with Crippen LogP contribution in [0.1, 0.15) is 33.2 Å². The topological polar surface area (TPSA) is 46.9 Å². The quantitative estimate of drug-likeness (QED) is 0.831. The summed E-state index contributed by atoms with van der Waals surface area (Å²) in [6, 6.07) is 0.696. The van der Waals surface area contributed by atoms with E-state index in [1.165, 1.54) is 0 Å². The molecule has 0 radical (unpaired) electrons. The zero-order chi connectivity index (χ0) is 12.1. The summed E-state index contributed by atoms with van der Waals surface area (Å²) in [6.07, 6.45) is 6.40. The molecule has 1 heterocycles. The van der Waals surface area contributed by atoms with E-state index in [0.717, 1.165) is 18.1 Å². The van der Waals surface area contributed by atoms with Crippen molar-refractivity contribution in [2.24, 2.45) is 0 Å². The molecule has 0 saturated carbocycles. The molecule has 0 saturated heterocycles. The molecule has 0 aliphatic carbocycles. The first-order chi connectivity index (χ1) is 7.50. The van der Waals surface area contributed by atoms with Crippen LogP contribution in [0.3, 0.4) is 0 Å². The maximum Gasteiger partial charge on any atom is 0.203 e. The number of hydrogen-bond acceptors (Lipinski definition) is 3. The van der Waals surface area contributed by atoms with Crippen LogP contribution < -0.4 is 5.32 Å². The standard InChI is InChI=1S/C11H21N3OS/c1-9(2)14-7-6-12-11(14)13-10(3)5-8-16(4)15/h6-7,9-10H,5,8H2,1-4H3,(H,12,13). The number of anilines is 1. The lowest BCUT2D eigenvalue weighted by molar-refractivity contribution is 0.597. The van der Waals surface area contributed by atoms with E-state index in [1.54, 1.807) is 12.5 Å². The van der Waals surface area contributed by atoms with Gasteiger partial charge >= 0.3 is 0 Å². The Morgan fingerprint density at radius 2 is 2.19 bits per heavy atom. The van der Waals surface area contributed by atoms with Crippen LogP contribution in [-0.4, -0.2) is 31.8 Å². The Balaban J connectivity index is 2.52. The predicted molar refractivity (Wildman–Crippen MR) is 69.2 cm³/mol. The monoisotopic (exact) mass is 243 g/mol. The molecule has 1 aromatic rings. The van der Waals surface area contributed by atoms with E-state index in [0.29, 0.717) is 12.1 Å². The summed E-state index contributed by atoms with van der Waals surface area (Å²) in [6.45, 7) is 6.34. The zero-order valence-corrected chi connectivity index (χ0v) is 11.3. The van der Waals surface area contributed by atoms with Gasteiger partial charge in [0.15, 0.2) is 0 Å². The molecule has 1 rings (SSSR count). The maximum absolute atomic E-state index is 11.0. The van der Waals surface area contributed by atoms with E-state index in [1.807, 2.05) is 6.20 Å². The van der Waals surface area contributed by atoms with Gasteiger partial charge in [0.05, 0.1) is 0 Å². The molecule has 0 amide bonds. The third kappa shape index (κ3) is 3.96. The van der Waals surface area contributed by atoms with Crippen LogP contribution in [0, 0.1) is 0 Å². The van der Waals surface area contributed by atoms with E-state index in [-0.39, 0.29) is 0 Å². The Morgan fingerprint density at radius 1 is 1.50 bits per heavy atom. The summed E-state index contributed by atoms with van der Waals surface area (Å²) in [5, 5.41) is 3.34. The first-order valence-corrected chi connectivity index (χ1v) is 7.32. The molecule has 0 spiro atoms. The fourth-order valence-corrected chi connectivity index (χ4v) is 2.16. The van der Waals surface area contributed by atoms with Crippen LogP contribution in [-0.2, 0) is 10.8 Å². The minimum Gasteiger partial charge on any atom is -0.353 e. The van der Waals surface area contributed by atoms with Crippen LogP contribution in [0.2, 0.25) is 0 Å². The van der Waals surface area contributed by atoms with Gasteiger partial charge in [-0.05, 0) is 27.2 Å². The molecule has 92 valence electrons. The lowest BCUT2D eigenvalue weighted by atomic mass is 10.3. The van der Waals surface area contributed by atoms with Crippen molar-refractivity contribution in [3.8, 4) is 0 Å². The molecule has 0 aliphatic heterocycles. The lowest BCUT2D eigenvalue weighted by Crippen LogP contribution is -2.21. The maximum atomic E-state index is 11.0. The van der Waals surface area contributed by atoms with E-state index in [4.69, 9.17) is 0 Å². The molecule has 5 heteroatoms. The highest BCUT2D eigenvalue weighted by Crippen LogP contribution is 2.14. The summed E-state index contributed by atoms with van der Waals surface area (Å²) in [5.74, 6) is 1.63. The number of nitrogens with one attached hydrogen (secondary N) is 1. The van der Waals surface area contributed by atoms with Crippen molar-refractivity contribution in [1.29, 1.82) is 0 Å². The number of nitrogens with zero attached hydrogens (tertiary/aromatic N) is 2. The van der Waals surface area contributed by atoms with Crippen molar-refractivity contribution in [1.82, 2.24) is 9.55 Å². The average Bonchev–Trinajstić information content (AvgIpc) is 2.62. The Bertz CT molecular complexity index is 349. The van der Waals surface area contributed by atoms with Crippen LogP contribution in [0.5, 0.6) is 0 Å². The minimum atomic E-state index is -0.716. The Kier molecular flexibility index (Phi) is 4.99. The number of hydrogen-bond donors (Lipinski definition) is 1. The molecular formula is C11H21N3OS. The molecular weight excluding hydrogens is 222 g/mol. The van der Waals surface area contributed by atoms with Gasteiger partial charge in [0.25, 0.3) is 0 Å². The largest absolute Gasteiger partial charge is 0.353 e. The fraction of sp³-hybridized carbons (Fsp3) is 0.727. The minimum absolute atomic E-state index is 0.295. The van der Waals surface area contributed by atoms with Crippen molar-refractivity contribution < 1.29 is 4.21 Å².